The first kappa shape index (κ1) is 31.7. The first-order valence-electron chi connectivity index (χ1n) is 14.3. The van der Waals surface area contributed by atoms with Gasteiger partial charge in [-0.05, 0) is 60.2 Å². The van der Waals surface area contributed by atoms with Gasteiger partial charge in [0, 0.05) is 44.1 Å². The Morgan fingerprint density at radius 1 is 0.976 bits per heavy atom. The lowest BCUT2D eigenvalue weighted by Gasteiger charge is -2.32. The Hall–Kier alpha value is -3.24. The third-order valence-corrected chi connectivity index (χ3v) is 9.07. The van der Waals surface area contributed by atoms with Gasteiger partial charge in [0.2, 0.25) is 21.8 Å². The zero-order chi connectivity index (χ0) is 30.0. The van der Waals surface area contributed by atoms with Crippen molar-refractivity contribution in [1.29, 1.82) is 0 Å². The summed E-state index contributed by atoms with van der Waals surface area (Å²) in [5.41, 5.74) is 2.63. The number of hydrogen-bond acceptors (Lipinski definition) is 5. The van der Waals surface area contributed by atoms with Gasteiger partial charge in [-0.1, -0.05) is 73.1 Å². The van der Waals surface area contributed by atoms with Crippen LogP contribution in [-0.2, 0) is 43.7 Å². The van der Waals surface area contributed by atoms with Crippen LogP contribution in [0.4, 0.5) is 0 Å². The molecule has 0 aromatic heterocycles. The fraction of sp³-hybridized carbons (Fsp3) is 0.375. The summed E-state index contributed by atoms with van der Waals surface area (Å²) >= 11 is 6.11. The van der Waals surface area contributed by atoms with Crippen molar-refractivity contribution in [2.24, 2.45) is 0 Å². The number of nitrogens with zero attached hydrogens (tertiary/aromatic N) is 1. The van der Waals surface area contributed by atoms with Gasteiger partial charge in [0.1, 0.15) is 6.04 Å². The smallest absolute Gasteiger partial charge is 0.243 e. The van der Waals surface area contributed by atoms with Crippen molar-refractivity contribution < 1.29 is 22.7 Å². The summed E-state index contributed by atoms with van der Waals surface area (Å²) in [6, 6.07) is 22.7. The van der Waals surface area contributed by atoms with Crippen molar-refractivity contribution in [1.82, 2.24) is 14.9 Å². The van der Waals surface area contributed by atoms with Gasteiger partial charge < -0.3 is 15.0 Å². The number of benzene rings is 3. The number of carbonyl (C=O) groups excluding carboxylic acids is 2. The number of aryl methyl sites for hydroxylation is 1. The van der Waals surface area contributed by atoms with E-state index in [9.17, 15) is 18.0 Å². The molecule has 0 bridgehead atoms. The molecule has 8 nitrogen and oxygen atoms in total. The topological polar surface area (TPSA) is 105 Å². The maximum Gasteiger partial charge on any atom is 0.243 e. The van der Waals surface area contributed by atoms with Crippen LogP contribution in [0, 0.1) is 0 Å². The molecule has 0 spiro atoms. The van der Waals surface area contributed by atoms with Crippen LogP contribution in [0.15, 0.2) is 83.8 Å². The molecule has 0 unspecified atom stereocenters. The van der Waals surface area contributed by atoms with Crippen molar-refractivity contribution >= 4 is 33.4 Å². The highest BCUT2D eigenvalue weighted by molar-refractivity contribution is 7.89. The summed E-state index contributed by atoms with van der Waals surface area (Å²) in [5, 5.41) is 3.63. The van der Waals surface area contributed by atoms with Gasteiger partial charge in [-0.15, -0.1) is 0 Å². The molecule has 42 heavy (non-hydrogen) atoms. The second kappa shape index (κ2) is 15.3. The second-order valence-electron chi connectivity index (χ2n) is 10.4. The van der Waals surface area contributed by atoms with E-state index in [4.69, 9.17) is 16.3 Å². The van der Waals surface area contributed by atoms with Gasteiger partial charge in [-0.25, -0.2) is 13.1 Å². The average Bonchev–Trinajstić information content (AvgIpc) is 3.52. The van der Waals surface area contributed by atoms with E-state index in [0.717, 1.165) is 29.5 Å². The number of rotatable bonds is 14. The summed E-state index contributed by atoms with van der Waals surface area (Å²) in [6.45, 7) is 3.35. The van der Waals surface area contributed by atoms with Crippen LogP contribution >= 0.6 is 11.6 Å². The summed E-state index contributed by atoms with van der Waals surface area (Å²) in [6.07, 6.45) is 2.74. The molecule has 1 heterocycles. The standard InChI is InChI=1S/C32H38ClN3O5S/c1-2-35-42(39,40)29-17-12-24(13-18-29)14-19-31(37)36(23-26-10-15-27(33)16-11-26)30(21-25-7-4-3-5-8-25)32(38)34-22-28-9-6-20-41-28/h3-5,7-8,10-13,15-18,28,30,35H,2,6,9,14,19-23H2,1H3,(H,34,38)/t28-,30+/m1/s1. The van der Waals surface area contributed by atoms with E-state index in [0.29, 0.717) is 37.6 Å². The molecule has 4 rings (SSSR count). The average molecular weight is 612 g/mol. The minimum Gasteiger partial charge on any atom is -0.376 e. The number of ether oxygens (including phenoxy) is 1. The van der Waals surface area contributed by atoms with Crippen molar-refractivity contribution in [3.8, 4) is 0 Å². The first-order chi connectivity index (χ1) is 20.2. The Bertz CT molecular complexity index is 1410. The van der Waals surface area contributed by atoms with Crippen molar-refractivity contribution in [2.75, 3.05) is 19.7 Å². The molecule has 3 aromatic rings. The van der Waals surface area contributed by atoms with Crippen LogP contribution in [0.25, 0.3) is 0 Å². The number of halogens is 1. The number of carbonyl (C=O) groups is 2. The second-order valence-corrected chi connectivity index (χ2v) is 12.6. The predicted octanol–water partition coefficient (Wildman–Crippen LogP) is 4.51. The van der Waals surface area contributed by atoms with Gasteiger partial charge in [0.25, 0.3) is 0 Å². The van der Waals surface area contributed by atoms with Crippen LogP contribution in [0.1, 0.15) is 42.9 Å². The lowest BCUT2D eigenvalue weighted by Crippen LogP contribution is -2.51. The zero-order valence-electron chi connectivity index (χ0n) is 23.8. The Kier molecular flexibility index (Phi) is 11.5. The molecule has 2 atom stereocenters. The largest absolute Gasteiger partial charge is 0.376 e. The molecule has 224 valence electrons. The SMILES string of the molecule is CCNS(=O)(=O)c1ccc(CCC(=O)N(Cc2ccc(Cl)cc2)[C@@H](Cc2ccccc2)C(=O)NC[C@H]2CCCO2)cc1. The number of hydrogen-bond donors (Lipinski definition) is 2. The molecular weight excluding hydrogens is 574 g/mol. The van der Waals surface area contributed by atoms with E-state index in [1.54, 1.807) is 48.2 Å². The monoisotopic (exact) mass is 611 g/mol. The van der Waals surface area contributed by atoms with Gasteiger partial charge in [0.05, 0.1) is 11.0 Å². The highest BCUT2D eigenvalue weighted by Crippen LogP contribution is 2.20. The van der Waals surface area contributed by atoms with E-state index in [1.807, 2.05) is 42.5 Å². The molecule has 10 heteroatoms. The number of nitrogens with one attached hydrogen (secondary N) is 2. The van der Waals surface area contributed by atoms with Crippen molar-refractivity contribution in [2.45, 2.75) is 62.6 Å². The Morgan fingerprint density at radius 2 is 1.67 bits per heavy atom. The summed E-state index contributed by atoms with van der Waals surface area (Å²) < 4.78 is 32.8. The third-order valence-electron chi connectivity index (χ3n) is 7.26. The van der Waals surface area contributed by atoms with Crippen LogP contribution in [-0.4, -0.2) is 57.0 Å². The molecule has 0 aliphatic carbocycles. The molecule has 0 saturated carbocycles. The van der Waals surface area contributed by atoms with E-state index >= 15 is 0 Å². The molecule has 0 radical (unpaired) electrons. The minimum absolute atomic E-state index is 0.0222. The third kappa shape index (κ3) is 9.13. The summed E-state index contributed by atoms with van der Waals surface area (Å²) in [4.78, 5) is 29.4. The predicted molar refractivity (Wildman–Crippen MR) is 164 cm³/mol. The summed E-state index contributed by atoms with van der Waals surface area (Å²) in [7, 11) is -3.56. The molecule has 1 saturated heterocycles. The Labute approximate surface area is 253 Å². The van der Waals surface area contributed by atoms with Crippen LogP contribution in [0.3, 0.4) is 0 Å². The van der Waals surface area contributed by atoms with E-state index in [-0.39, 0.29) is 35.8 Å². The van der Waals surface area contributed by atoms with Gasteiger partial charge in [-0.2, -0.15) is 0 Å². The number of amides is 2. The van der Waals surface area contributed by atoms with Crippen LogP contribution in [0.2, 0.25) is 5.02 Å². The maximum atomic E-state index is 13.9. The highest BCUT2D eigenvalue weighted by Gasteiger charge is 2.31. The van der Waals surface area contributed by atoms with E-state index in [2.05, 4.69) is 10.0 Å². The lowest BCUT2D eigenvalue weighted by atomic mass is 10.0. The summed E-state index contributed by atoms with van der Waals surface area (Å²) in [5.74, 6) is -0.405. The van der Waals surface area contributed by atoms with Crippen molar-refractivity contribution in [3.05, 3.63) is 101 Å². The molecule has 3 aromatic carbocycles. The number of sulfonamides is 1. The normalized spacial score (nSPS) is 15.7. The van der Waals surface area contributed by atoms with Gasteiger partial charge in [0.15, 0.2) is 0 Å². The first-order valence-corrected chi connectivity index (χ1v) is 16.2. The fourth-order valence-electron chi connectivity index (χ4n) is 4.98. The minimum atomic E-state index is -3.56. The van der Waals surface area contributed by atoms with Gasteiger partial charge in [-0.3, -0.25) is 9.59 Å². The lowest BCUT2D eigenvalue weighted by molar-refractivity contribution is -0.141. The van der Waals surface area contributed by atoms with E-state index < -0.39 is 16.1 Å². The molecule has 1 fully saturated rings. The maximum absolute atomic E-state index is 13.9. The molecule has 1 aliphatic rings. The molecule has 2 N–H and O–H groups in total. The Balaban J connectivity index is 1.55. The Morgan fingerprint density at radius 3 is 2.31 bits per heavy atom. The van der Waals surface area contributed by atoms with Gasteiger partial charge >= 0.3 is 0 Å². The molecule has 1 aliphatic heterocycles. The molecule has 2 amide bonds. The van der Waals surface area contributed by atoms with Crippen LogP contribution in [0.5, 0.6) is 0 Å². The quantitative estimate of drug-likeness (QED) is 0.279. The van der Waals surface area contributed by atoms with E-state index in [1.165, 1.54) is 0 Å². The van der Waals surface area contributed by atoms with Crippen LogP contribution < -0.4 is 10.0 Å². The highest BCUT2D eigenvalue weighted by atomic mass is 35.5. The van der Waals surface area contributed by atoms with Crippen molar-refractivity contribution in [3.63, 3.8) is 0 Å². The zero-order valence-corrected chi connectivity index (χ0v) is 25.4. The fourth-order valence-corrected chi connectivity index (χ4v) is 6.15. The molecular formula is C32H38ClN3O5S.